The van der Waals surface area contributed by atoms with Crippen molar-refractivity contribution in [2.45, 2.75) is 32.1 Å². The summed E-state index contributed by atoms with van der Waals surface area (Å²) in [5.41, 5.74) is 7.45. The molecule has 2 fully saturated rings. The van der Waals surface area contributed by atoms with Crippen LogP contribution in [0.4, 0.5) is 0 Å². The minimum absolute atomic E-state index is 0.167. The Labute approximate surface area is 158 Å². The van der Waals surface area contributed by atoms with Gasteiger partial charge in [0.1, 0.15) is 0 Å². The molecule has 5 heteroatoms. The lowest BCUT2D eigenvalue weighted by atomic mass is 9.79. The van der Waals surface area contributed by atoms with Crippen LogP contribution in [0.1, 0.15) is 31.2 Å². The highest BCUT2D eigenvalue weighted by Gasteiger charge is 2.46. The molecule has 2 aromatic rings. The highest BCUT2D eigenvalue weighted by molar-refractivity contribution is 7.13. The maximum absolute atomic E-state index is 12.6. The van der Waals surface area contributed by atoms with Crippen LogP contribution in [0.3, 0.4) is 0 Å². The quantitative estimate of drug-likeness (QED) is 0.878. The molecule has 2 amide bonds. The van der Waals surface area contributed by atoms with Crippen molar-refractivity contribution in [3.8, 4) is 10.4 Å². The number of hydrogen-bond donors (Lipinski definition) is 1. The standard InChI is InChI=1S/C21H24N2O2S/c22-20(25)21(9-10-23(14-21)19(24)16-5-2-6-16)13-15-4-1-7-17(12-15)18-8-3-11-26-18/h1,3-4,7-8,11-12,16H,2,5-6,9-10,13-14H2,(H2,22,25)/t21-/m1/s1. The Hall–Kier alpha value is -2.14. The smallest absolute Gasteiger partial charge is 0.225 e. The zero-order chi connectivity index (χ0) is 18.1. The molecule has 0 bridgehead atoms. The van der Waals surface area contributed by atoms with E-state index in [0.29, 0.717) is 25.9 Å². The summed E-state index contributed by atoms with van der Waals surface area (Å²) in [4.78, 5) is 28.0. The Morgan fingerprint density at radius 3 is 2.73 bits per heavy atom. The van der Waals surface area contributed by atoms with Crippen LogP contribution in [0.5, 0.6) is 0 Å². The fourth-order valence-electron chi connectivity index (χ4n) is 4.07. The predicted molar refractivity (Wildman–Crippen MR) is 104 cm³/mol. The molecule has 0 radical (unpaired) electrons. The third-order valence-electron chi connectivity index (χ3n) is 5.92. The number of amides is 2. The van der Waals surface area contributed by atoms with Crippen molar-refractivity contribution in [2.75, 3.05) is 13.1 Å². The second-order valence-electron chi connectivity index (χ2n) is 7.64. The molecule has 1 saturated heterocycles. The van der Waals surface area contributed by atoms with Crippen LogP contribution in [0.2, 0.25) is 0 Å². The van der Waals surface area contributed by atoms with E-state index in [1.54, 1.807) is 11.3 Å². The molecule has 136 valence electrons. The number of carbonyl (C=O) groups is 2. The summed E-state index contributed by atoms with van der Waals surface area (Å²) < 4.78 is 0. The van der Waals surface area contributed by atoms with Crippen molar-refractivity contribution >= 4 is 23.2 Å². The fraction of sp³-hybridized carbons (Fsp3) is 0.429. The minimum atomic E-state index is -0.645. The molecule has 1 aromatic carbocycles. The molecule has 1 saturated carbocycles. The third kappa shape index (κ3) is 3.16. The molecule has 1 atom stereocenters. The fourth-order valence-corrected chi connectivity index (χ4v) is 4.80. The number of thiophene rings is 1. The van der Waals surface area contributed by atoms with E-state index < -0.39 is 5.41 Å². The van der Waals surface area contributed by atoms with E-state index in [0.717, 1.165) is 30.4 Å². The first-order valence-corrected chi connectivity index (χ1v) is 10.2. The Morgan fingerprint density at radius 2 is 2.08 bits per heavy atom. The first-order chi connectivity index (χ1) is 12.6. The summed E-state index contributed by atoms with van der Waals surface area (Å²) >= 11 is 1.70. The molecule has 4 nitrogen and oxygen atoms in total. The van der Waals surface area contributed by atoms with Gasteiger partial charge in [-0.15, -0.1) is 11.3 Å². The maximum atomic E-state index is 12.6. The van der Waals surface area contributed by atoms with Gasteiger partial charge < -0.3 is 10.6 Å². The van der Waals surface area contributed by atoms with E-state index >= 15 is 0 Å². The summed E-state index contributed by atoms with van der Waals surface area (Å²) in [6, 6.07) is 12.5. The van der Waals surface area contributed by atoms with Gasteiger partial charge in [-0.1, -0.05) is 36.8 Å². The van der Waals surface area contributed by atoms with Gasteiger partial charge in [0.15, 0.2) is 0 Å². The van der Waals surface area contributed by atoms with Crippen molar-refractivity contribution in [1.82, 2.24) is 4.90 Å². The van der Waals surface area contributed by atoms with Crippen molar-refractivity contribution < 1.29 is 9.59 Å². The molecule has 4 rings (SSSR count). The van der Waals surface area contributed by atoms with Crippen LogP contribution in [-0.2, 0) is 16.0 Å². The highest BCUT2D eigenvalue weighted by Crippen LogP contribution is 2.38. The molecule has 2 N–H and O–H groups in total. The number of nitrogens with zero attached hydrogens (tertiary/aromatic N) is 1. The maximum Gasteiger partial charge on any atom is 0.225 e. The zero-order valence-electron chi connectivity index (χ0n) is 14.8. The number of carbonyl (C=O) groups excluding carboxylic acids is 2. The topological polar surface area (TPSA) is 63.4 Å². The van der Waals surface area contributed by atoms with Gasteiger partial charge in [0.05, 0.1) is 5.41 Å². The Morgan fingerprint density at radius 1 is 1.23 bits per heavy atom. The van der Waals surface area contributed by atoms with E-state index in [-0.39, 0.29) is 17.7 Å². The molecule has 0 spiro atoms. The first-order valence-electron chi connectivity index (χ1n) is 9.29. The summed E-state index contributed by atoms with van der Waals surface area (Å²) in [5.74, 6) is 0.0930. The van der Waals surface area contributed by atoms with Gasteiger partial charge >= 0.3 is 0 Å². The third-order valence-corrected chi connectivity index (χ3v) is 6.84. The SMILES string of the molecule is NC(=O)[C@@]1(Cc2cccc(-c3cccs3)c2)CCN(C(=O)C2CCC2)C1. The van der Waals surface area contributed by atoms with Crippen molar-refractivity contribution in [3.63, 3.8) is 0 Å². The second-order valence-corrected chi connectivity index (χ2v) is 8.58. The van der Waals surface area contributed by atoms with E-state index in [9.17, 15) is 9.59 Å². The molecule has 2 aliphatic rings. The van der Waals surface area contributed by atoms with Crippen LogP contribution in [0, 0.1) is 11.3 Å². The summed E-state index contributed by atoms with van der Waals surface area (Å²) in [5, 5.41) is 2.06. The summed E-state index contributed by atoms with van der Waals surface area (Å²) in [7, 11) is 0. The number of rotatable bonds is 5. The predicted octanol–water partition coefficient (Wildman–Crippen LogP) is 3.46. The van der Waals surface area contributed by atoms with Crippen molar-refractivity contribution in [1.29, 1.82) is 0 Å². The van der Waals surface area contributed by atoms with Gasteiger partial charge in [-0.25, -0.2) is 0 Å². The van der Waals surface area contributed by atoms with E-state index in [1.807, 2.05) is 17.0 Å². The molecule has 1 aliphatic carbocycles. The summed E-state index contributed by atoms with van der Waals surface area (Å²) in [6.45, 7) is 1.10. The van der Waals surface area contributed by atoms with Crippen molar-refractivity contribution in [2.24, 2.45) is 17.1 Å². The average molecular weight is 369 g/mol. The number of benzene rings is 1. The Bertz CT molecular complexity index is 813. The molecular weight excluding hydrogens is 344 g/mol. The van der Waals surface area contributed by atoms with E-state index in [1.165, 1.54) is 4.88 Å². The van der Waals surface area contributed by atoms with Gasteiger partial charge in [0.2, 0.25) is 11.8 Å². The van der Waals surface area contributed by atoms with Gasteiger partial charge in [-0.05, 0) is 48.3 Å². The molecule has 2 heterocycles. The normalized spacial score (nSPS) is 23.0. The van der Waals surface area contributed by atoms with Crippen molar-refractivity contribution in [3.05, 3.63) is 47.3 Å². The van der Waals surface area contributed by atoms with Crippen LogP contribution in [-0.4, -0.2) is 29.8 Å². The van der Waals surface area contributed by atoms with Crippen LogP contribution < -0.4 is 5.73 Å². The number of likely N-dealkylation sites (tertiary alicyclic amines) is 1. The average Bonchev–Trinajstić information content (AvgIpc) is 3.24. The largest absolute Gasteiger partial charge is 0.369 e. The van der Waals surface area contributed by atoms with Gasteiger partial charge in [-0.2, -0.15) is 0 Å². The van der Waals surface area contributed by atoms with Gasteiger partial charge in [0, 0.05) is 23.9 Å². The lowest BCUT2D eigenvalue weighted by Crippen LogP contribution is -2.44. The first kappa shape index (κ1) is 17.3. The highest BCUT2D eigenvalue weighted by atomic mass is 32.1. The van der Waals surface area contributed by atoms with Crippen LogP contribution >= 0.6 is 11.3 Å². The number of hydrogen-bond acceptors (Lipinski definition) is 3. The van der Waals surface area contributed by atoms with Gasteiger partial charge in [-0.3, -0.25) is 9.59 Å². The number of primary amides is 1. The lowest BCUT2D eigenvalue weighted by molar-refractivity contribution is -0.138. The monoisotopic (exact) mass is 368 g/mol. The van der Waals surface area contributed by atoms with Gasteiger partial charge in [0.25, 0.3) is 0 Å². The number of nitrogens with two attached hydrogens (primary N) is 1. The zero-order valence-corrected chi connectivity index (χ0v) is 15.6. The molecule has 26 heavy (non-hydrogen) atoms. The Balaban J connectivity index is 1.53. The lowest BCUT2D eigenvalue weighted by Gasteiger charge is -2.31. The molecule has 1 aromatic heterocycles. The molecule has 1 aliphatic heterocycles. The minimum Gasteiger partial charge on any atom is -0.369 e. The van der Waals surface area contributed by atoms with Crippen LogP contribution in [0.25, 0.3) is 10.4 Å². The molecule has 0 unspecified atom stereocenters. The summed E-state index contributed by atoms with van der Waals surface area (Å²) in [6.07, 6.45) is 4.37. The van der Waals surface area contributed by atoms with Crippen LogP contribution in [0.15, 0.2) is 41.8 Å². The van der Waals surface area contributed by atoms with E-state index in [4.69, 9.17) is 5.73 Å². The Kier molecular flexibility index (Phi) is 4.57. The second kappa shape index (κ2) is 6.88. The van der Waals surface area contributed by atoms with E-state index in [2.05, 4.69) is 29.6 Å². The molecular formula is C21H24N2O2S.